The lowest BCUT2D eigenvalue weighted by molar-refractivity contribution is 0.0272. The van der Waals surface area contributed by atoms with E-state index in [0.29, 0.717) is 37.2 Å². The fourth-order valence-electron chi connectivity index (χ4n) is 2.18. The third kappa shape index (κ3) is 3.13. The maximum Gasteiger partial charge on any atom is 0.253 e. The Balaban J connectivity index is 1.90. The number of hydrogen-bond acceptors (Lipinski definition) is 5. The molecular formula is C13H15N3O4S. The van der Waals surface area contributed by atoms with Crippen LogP contribution in [0.4, 0.5) is 0 Å². The first-order chi connectivity index (χ1) is 10.0. The zero-order valence-corrected chi connectivity index (χ0v) is 12.0. The molecule has 2 aromatic rings. The molecular weight excluding hydrogens is 294 g/mol. The summed E-state index contributed by atoms with van der Waals surface area (Å²) in [6.45, 7) is 2.03. The molecule has 7 nitrogen and oxygen atoms in total. The fraction of sp³-hybridized carbons (Fsp3) is 0.308. The van der Waals surface area contributed by atoms with Crippen molar-refractivity contribution in [1.29, 1.82) is 0 Å². The number of aromatic nitrogens is 1. The summed E-state index contributed by atoms with van der Waals surface area (Å²) in [5.41, 5.74) is 0.386. The number of benzene rings is 1. The van der Waals surface area contributed by atoms with Crippen LogP contribution in [0.3, 0.4) is 0 Å². The van der Waals surface area contributed by atoms with Crippen molar-refractivity contribution in [3.05, 3.63) is 40.7 Å². The highest BCUT2D eigenvalue weighted by atomic mass is 32.2. The second-order valence-corrected chi connectivity index (χ2v) is 6.43. The van der Waals surface area contributed by atoms with Crippen molar-refractivity contribution in [2.75, 3.05) is 26.3 Å². The van der Waals surface area contributed by atoms with E-state index in [4.69, 9.17) is 4.74 Å². The monoisotopic (exact) mass is 309 g/mol. The molecule has 0 atom stereocenters. The number of sulfonamides is 1. The van der Waals surface area contributed by atoms with Crippen molar-refractivity contribution >= 4 is 20.9 Å². The molecule has 1 aromatic carbocycles. The minimum Gasteiger partial charge on any atom is -0.379 e. The van der Waals surface area contributed by atoms with Crippen LogP contribution in [0.1, 0.15) is 0 Å². The van der Waals surface area contributed by atoms with Gasteiger partial charge in [-0.1, -0.05) is 0 Å². The summed E-state index contributed by atoms with van der Waals surface area (Å²) in [7, 11) is -3.63. The number of rotatable bonds is 3. The van der Waals surface area contributed by atoms with Crippen LogP contribution < -0.4 is 10.4 Å². The topological polar surface area (TPSA) is 91.5 Å². The molecule has 1 fully saturated rings. The van der Waals surface area contributed by atoms with Crippen molar-refractivity contribution in [1.82, 2.24) is 14.8 Å². The minimum absolute atomic E-state index is 0.161. The lowest BCUT2D eigenvalue weighted by Gasteiger charge is -2.26. The first kappa shape index (κ1) is 14.2. The van der Waals surface area contributed by atoms with Crippen molar-refractivity contribution in [2.45, 2.75) is 4.90 Å². The van der Waals surface area contributed by atoms with E-state index in [1.165, 1.54) is 18.2 Å². The summed E-state index contributed by atoms with van der Waals surface area (Å²) in [6.07, 6.45) is 0. The van der Waals surface area contributed by atoms with Crippen LogP contribution in [0.2, 0.25) is 0 Å². The fourth-order valence-corrected chi connectivity index (χ4v) is 3.33. The molecule has 0 saturated carbocycles. The molecule has 1 aliphatic heterocycles. The van der Waals surface area contributed by atoms with Crippen LogP contribution in [0, 0.1) is 0 Å². The first-order valence-corrected chi connectivity index (χ1v) is 8.01. The summed E-state index contributed by atoms with van der Waals surface area (Å²) in [5.74, 6) is 0. The average Bonchev–Trinajstić information content (AvgIpc) is 2.47. The Hall–Kier alpha value is -1.74. The highest BCUT2D eigenvalue weighted by Crippen LogP contribution is 2.16. The molecule has 2 N–H and O–H groups in total. The number of hydrogen-bond donors (Lipinski definition) is 2. The normalized spacial score (nSPS) is 17.1. The molecule has 3 rings (SSSR count). The molecule has 0 unspecified atom stereocenters. The van der Waals surface area contributed by atoms with E-state index in [9.17, 15) is 13.2 Å². The summed E-state index contributed by atoms with van der Waals surface area (Å²) < 4.78 is 29.9. The molecule has 1 saturated heterocycles. The van der Waals surface area contributed by atoms with Crippen LogP contribution in [0.25, 0.3) is 10.9 Å². The van der Waals surface area contributed by atoms with E-state index in [1.54, 1.807) is 17.1 Å². The van der Waals surface area contributed by atoms with E-state index >= 15 is 0 Å². The molecule has 0 aliphatic carbocycles. The van der Waals surface area contributed by atoms with Crippen molar-refractivity contribution in [2.24, 2.45) is 0 Å². The van der Waals surface area contributed by atoms with Gasteiger partial charge in [-0.05, 0) is 29.7 Å². The van der Waals surface area contributed by atoms with Gasteiger partial charge in [0.05, 0.1) is 18.1 Å². The van der Waals surface area contributed by atoms with Crippen molar-refractivity contribution in [3.63, 3.8) is 0 Å². The SMILES string of the molecule is O=c1ccc2cc(S(=O)(=O)NN3CCOCC3)ccc2[nH]1. The third-order valence-corrected chi connectivity index (χ3v) is 4.64. The Bertz CT molecular complexity index is 810. The number of ether oxygens (including phenoxy) is 1. The number of pyridine rings is 1. The molecule has 21 heavy (non-hydrogen) atoms. The zero-order chi connectivity index (χ0) is 14.9. The molecule has 112 valence electrons. The van der Waals surface area contributed by atoms with Gasteiger partial charge in [0.15, 0.2) is 0 Å². The molecule has 0 bridgehead atoms. The molecule has 2 heterocycles. The third-order valence-electron chi connectivity index (χ3n) is 3.27. The molecule has 1 aliphatic rings. The number of morpholine rings is 1. The van der Waals surface area contributed by atoms with Crippen LogP contribution in [0.5, 0.6) is 0 Å². The number of aromatic amines is 1. The number of nitrogens with one attached hydrogen (secondary N) is 2. The number of hydrazine groups is 1. The summed E-state index contributed by atoms with van der Waals surface area (Å²) >= 11 is 0. The maximum atomic E-state index is 12.3. The highest BCUT2D eigenvalue weighted by Gasteiger charge is 2.20. The van der Waals surface area contributed by atoms with Crippen LogP contribution in [-0.4, -0.2) is 44.7 Å². The summed E-state index contributed by atoms with van der Waals surface area (Å²) in [4.78, 5) is 16.6. The number of H-pyrrole nitrogens is 1. The second-order valence-electron chi connectivity index (χ2n) is 4.77. The van der Waals surface area contributed by atoms with E-state index in [2.05, 4.69) is 9.82 Å². The highest BCUT2D eigenvalue weighted by molar-refractivity contribution is 7.89. The van der Waals surface area contributed by atoms with Gasteiger partial charge in [0.2, 0.25) is 5.56 Å². The van der Waals surface area contributed by atoms with Gasteiger partial charge in [-0.3, -0.25) is 4.79 Å². The van der Waals surface area contributed by atoms with E-state index in [0.717, 1.165) is 0 Å². The average molecular weight is 309 g/mol. The van der Waals surface area contributed by atoms with Crippen molar-refractivity contribution in [3.8, 4) is 0 Å². The quantitative estimate of drug-likeness (QED) is 0.836. The van der Waals surface area contributed by atoms with Gasteiger partial charge >= 0.3 is 0 Å². The molecule has 1 aromatic heterocycles. The second kappa shape index (κ2) is 5.57. The van der Waals surface area contributed by atoms with Gasteiger partial charge in [0, 0.05) is 24.7 Å². The largest absolute Gasteiger partial charge is 0.379 e. The van der Waals surface area contributed by atoms with Crippen molar-refractivity contribution < 1.29 is 13.2 Å². The lowest BCUT2D eigenvalue weighted by atomic mass is 10.2. The smallest absolute Gasteiger partial charge is 0.253 e. The standard InChI is InChI=1S/C13H15N3O4S/c17-13-4-1-10-9-11(2-3-12(10)14-13)21(18,19)15-16-5-7-20-8-6-16/h1-4,9,15H,5-8H2,(H,14,17). The molecule has 0 amide bonds. The Morgan fingerprint density at radius 3 is 2.67 bits per heavy atom. The van der Waals surface area contributed by atoms with Crippen LogP contribution in [0.15, 0.2) is 40.0 Å². The molecule has 0 radical (unpaired) electrons. The lowest BCUT2D eigenvalue weighted by Crippen LogP contribution is -2.48. The van der Waals surface area contributed by atoms with Gasteiger partial charge in [0.25, 0.3) is 10.0 Å². The predicted molar refractivity (Wildman–Crippen MR) is 77.3 cm³/mol. The molecule has 8 heteroatoms. The minimum atomic E-state index is -3.63. The van der Waals surface area contributed by atoms with Gasteiger partial charge in [-0.15, -0.1) is 4.83 Å². The Morgan fingerprint density at radius 2 is 1.90 bits per heavy atom. The summed E-state index contributed by atoms with van der Waals surface area (Å²) in [6, 6.07) is 7.57. The van der Waals surface area contributed by atoms with E-state index in [1.807, 2.05) is 0 Å². The zero-order valence-electron chi connectivity index (χ0n) is 11.2. The van der Waals surface area contributed by atoms with Crippen LogP contribution in [-0.2, 0) is 14.8 Å². The number of nitrogens with zero attached hydrogens (tertiary/aromatic N) is 1. The van der Waals surface area contributed by atoms with Gasteiger partial charge < -0.3 is 9.72 Å². The molecule has 0 spiro atoms. The Labute approximate surface area is 121 Å². The summed E-state index contributed by atoms with van der Waals surface area (Å²) in [5, 5.41) is 2.29. The number of fused-ring (bicyclic) bond motifs is 1. The van der Waals surface area contributed by atoms with E-state index < -0.39 is 10.0 Å². The maximum absolute atomic E-state index is 12.3. The first-order valence-electron chi connectivity index (χ1n) is 6.53. The predicted octanol–water partition coefficient (Wildman–Crippen LogP) is 0.0536. The Kier molecular flexibility index (Phi) is 3.77. The van der Waals surface area contributed by atoms with E-state index in [-0.39, 0.29) is 10.5 Å². The van der Waals surface area contributed by atoms with Gasteiger partial charge in [-0.25, -0.2) is 13.4 Å². The van der Waals surface area contributed by atoms with Crippen LogP contribution >= 0.6 is 0 Å². The van der Waals surface area contributed by atoms with Gasteiger partial charge in [0.1, 0.15) is 0 Å². The Morgan fingerprint density at radius 1 is 1.14 bits per heavy atom. The van der Waals surface area contributed by atoms with Gasteiger partial charge in [-0.2, -0.15) is 0 Å².